The third-order valence-corrected chi connectivity index (χ3v) is 3.99. The minimum absolute atomic E-state index is 0.187. The Labute approximate surface area is 113 Å². The predicted octanol–water partition coefficient (Wildman–Crippen LogP) is 1.36. The van der Waals surface area contributed by atoms with E-state index in [2.05, 4.69) is 17.4 Å². The minimum atomic E-state index is 0.187. The SMILES string of the molecule is OCC1(CNCCc2ccc3c(c2)OCCO3)CC1. The van der Waals surface area contributed by atoms with E-state index in [1.807, 2.05) is 6.07 Å². The molecule has 0 unspecified atom stereocenters. The topological polar surface area (TPSA) is 50.7 Å². The van der Waals surface area contributed by atoms with Crippen LogP contribution in [0.15, 0.2) is 18.2 Å². The molecular weight excluding hydrogens is 242 g/mol. The van der Waals surface area contributed by atoms with Crippen LogP contribution in [-0.2, 0) is 6.42 Å². The average molecular weight is 263 g/mol. The van der Waals surface area contributed by atoms with Gasteiger partial charge in [0.1, 0.15) is 13.2 Å². The van der Waals surface area contributed by atoms with Gasteiger partial charge in [0.05, 0.1) is 0 Å². The third kappa shape index (κ3) is 3.01. The van der Waals surface area contributed by atoms with Gasteiger partial charge in [0.25, 0.3) is 0 Å². The van der Waals surface area contributed by atoms with Gasteiger partial charge in [-0.2, -0.15) is 0 Å². The maximum Gasteiger partial charge on any atom is 0.161 e. The summed E-state index contributed by atoms with van der Waals surface area (Å²) in [4.78, 5) is 0. The molecule has 0 spiro atoms. The predicted molar refractivity (Wildman–Crippen MR) is 72.8 cm³/mol. The molecule has 1 aromatic carbocycles. The number of fused-ring (bicyclic) bond motifs is 1. The van der Waals surface area contributed by atoms with E-state index in [4.69, 9.17) is 9.47 Å². The lowest BCUT2D eigenvalue weighted by Gasteiger charge is -2.19. The van der Waals surface area contributed by atoms with Crippen molar-refractivity contribution < 1.29 is 14.6 Å². The summed E-state index contributed by atoms with van der Waals surface area (Å²) >= 11 is 0. The Bertz CT molecular complexity index is 443. The molecule has 4 heteroatoms. The second-order valence-corrected chi connectivity index (χ2v) is 5.56. The first kappa shape index (κ1) is 12.8. The second-order valence-electron chi connectivity index (χ2n) is 5.56. The molecule has 0 bridgehead atoms. The quantitative estimate of drug-likeness (QED) is 0.761. The normalized spacial score (nSPS) is 19.2. The Morgan fingerprint density at radius 2 is 1.95 bits per heavy atom. The van der Waals surface area contributed by atoms with E-state index in [0.29, 0.717) is 19.8 Å². The van der Waals surface area contributed by atoms with Crippen LogP contribution in [0.2, 0.25) is 0 Å². The van der Waals surface area contributed by atoms with Crippen molar-refractivity contribution in [3.05, 3.63) is 23.8 Å². The van der Waals surface area contributed by atoms with Crippen molar-refractivity contribution >= 4 is 0 Å². The number of nitrogens with one attached hydrogen (secondary N) is 1. The standard InChI is InChI=1S/C15H21NO3/c17-11-15(4-5-15)10-16-6-3-12-1-2-13-14(9-12)19-8-7-18-13/h1-2,9,16-17H,3-8,10-11H2. The van der Waals surface area contributed by atoms with Crippen molar-refractivity contribution in [3.8, 4) is 11.5 Å². The maximum absolute atomic E-state index is 9.23. The van der Waals surface area contributed by atoms with Crippen molar-refractivity contribution in [1.82, 2.24) is 5.32 Å². The molecule has 1 saturated carbocycles. The molecule has 1 aliphatic carbocycles. The summed E-state index contributed by atoms with van der Waals surface area (Å²) in [6, 6.07) is 6.14. The van der Waals surface area contributed by atoms with Gasteiger partial charge in [0.15, 0.2) is 11.5 Å². The highest BCUT2D eigenvalue weighted by Crippen LogP contribution is 2.44. The molecule has 1 heterocycles. The Hall–Kier alpha value is -1.26. The molecule has 2 aliphatic rings. The fourth-order valence-corrected chi connectivity index (χ4v) is 2.40. The van der Waals surface area contributed by atoms with Gasteiger partial charge >= 0.3 is 0 Å². The largest absolute Gasteiger partial charge is 0.486 e. The zero-order chi connectivity index (χ0) is 13.1. The van der Waals surface area contributed by atoms with Gasteiger partial charge in [0.2, 0.25) is 0 Å². The molecule has 0 aromatic heterocycles. The van der Waals surface area contributed by atoms with Gasteiger partial charge in [-0.05, 0) is 43.5 Å². The van der Waals surface area contributed by atoms with Crippen LogP contribution < -0.4 is 14.8 Å². The molecule has 0 amide bonds. The molecular formula is C15H21NO3. The summed E-state index contributed by atoms with van der Waals surface area (Å²) in [5, 5.41) is 12.7. The highest BCUT2D eigenvalue weighted by Gasteiger charge is 2.41. The number of aliphatic hydroxyl groups excluding tert-OH is 1. The molecule has 2 N–H and O–H groups in total. The van der Waals surface area contributed by atoms with Crippen molar-refractivity contribution in [2.45, 2.75) is 19.3 Å². The first-order valence-electron chi connectivity index (χ1n) is 7.01. The summed E-state index contributed by atoms with van der Waals surface area (Å²) < 4.78 is 11.1. The first-order chi connectivity index (χ1) is 9.31. The summed E-state index contributed by atoms with van der Waals surface area (Å²) in [5.74, 6) is 1.71. The molecule has 4 nitrogen and oxygen atoms in total. The van der Waals surface area contributed by atoms with E-state index in [0.717, 1.165) is 43.9 Å². The van der Waals surface area contributed by atoms with Crippen LogP contribution in [0, 0.1) is 5.41 Å². The van der Waals surface area contributed by atoms with E-state index in [1.54, 1.807) is 0 Å². The number of rotatable bonds is 6. The lowest BCUT2D eigenvalue weighted by atomic mass is 10.1. The molecule has 0 atom stereocenters. The monoisotopic (exact) mass is 263 g/mol. The van der Waals surface area contributed by atoms with Crippen molar-refractivity contribution in [1.29, 1.82) is 0 Å². The Balaban J connectivity index is 1.47. The first-order valence-corrected chi connectivity index (χ1v) is 7.01. The van der Waals surface area contributed by atoms with Crippen LogP contribution in [-0.4, -0.2) is 38.0 Å². The van der Waals surface area contributed by atoms with E-state index in [1.165, 1.54) is 5.56 Å². The number of hydrogen-bond acceptors (Lipinski definition) is 4. The van der Waals surface area contributed by atoms with Gasteiger partial charge < -0.3 is 19.9 Å². The maximum atomic E-state index is 9.23. The number of ether oxygens (including phenoxy) is 2. The minimum Gasteiger partial charge on any atom is -0.486 e. The molecule has 1 fully saturated rings. The fraction of sp³-hybridized carbons (Fsp3) is 0.600. The summed E-state index contributed by atoms with van der Waals surface area (Å²) in [5.41, 5.74) is 1.44. The van der Waals surface area contributed by atoms with Crippen LogP contribution in [0.5, 0.6) is 11.5 Å². The lowest BCUT2D eigenvalue weighted by molar-refractivity contribution is 0.171. The smallest absolute Gasteiger partial charge is 0.161 e. The zero-order valence-electron chi connectivity index (χ0n) is 11.2. The van der Waals surface area contributed by atoms with Crippen LogP contribution in [0.25, 0.3) is 0 Å². The van der Waals surface area contributed by atoms with E-state index < -0.39 is 0 Å². The Morgan fingerprint density at radius 1 is 1.16 bits per heavy atom. The molecule has 1 aliphatic heterocycles. The van der Waals surface area contributed by atoms with Crippen molar-refractivity contribution in [3.63, 3.8) is 0 Å². The lowest BCUT2D eigenvalue weighted by Crippen LogP contribution is -2.28. The summed E-state index contributed by atoms with van der Waals surface area (Å²) in [7, 11) is 0. The van der Waals surface area contributed by atoms with E-state index in [-0.39, 0.29) is 5.41 Å². The number of hydrogen-bond donors (Lipinski definition) is 2. The molecule has 1 aromatic rings. The van der Waals surface area contributed by atoms with E-state index in [9.17, 15) is 5.11 Å². The highest BCUT2D eigenvalue weighted by atomic mass is 16.6. The summed E-state index contributed by atoms with van der Waals surface area (Å²) in [6.07, 6.45) is 3.28. The third-order valence-electron chi connectivity index (χ3n) is 3.99. The van der Waals surface area contributed by atoms with Crippen LogP contribution >= 0.6 is 0 Å². The van der Waals surface area contributed by atoms with Crippen LogP contribution in [0.3, 0.4) is 0 Å². The van der Waals surface area contributed by atoms with E-state index >= 15 is 0 Å². The molecule has 0 saturated heterocycles. The Morgan fingerprint density at radius 3 is 2.68 bits per heavy atom. The zero-order valence-corrected chi connectivity index (χ0v) is 11.2. The summed E-state index contributed by atoms with van der Waals surface area (Å²) in [6.45, 7) is 3.43. The van der Waals surface area contributed by atoms with Gasteiger partial charge in [0, 0.05) is 18.6 Å². The molecule has 19 heavy (non-hydrogen) atoms. The number of benzene rings is 1. The van der Waals surface area contributed by atoms with Crippen LogP contribution in [0.4, 0.5) is 0 Å². The van der Waals surface area contributed by atoms with Gasteiger partial charge in [-0.25, -0.2) is 0 Å². The number of aliphatic hydroxyl groups is 1. The average Bonchev–Trinajstić information content (AvgIpc) is 3.24. The van der Waals surface area contributed by atoms with Crippen molar-refractivity contribution in [2.75, 3.05) is 32.9 Å². The van der Waals surface area contributed by atoms with Gasteiger partial charge in [-0.1, -0.05) is 6.07 Å². The Kier molecular flexibility index (Phi) is 3.62. The molecule has 3 rings (SSSR count). The molecule has 104 valence electrons. The van der Waals surface area contributed by atoms with Gasteiger partial charge in [-0.3, -0.25) is 0 Å². The van der Waals surface area contributed by atoms with Crippen LogP contribution in [0.1, 0.15) is 18.4 Å². The second kappa shape index (κ2) is 5.39. The highest BCUT2D eigenvalue weighted by molar-refractivity contribution is 5.43. The van der Waals surface area contributed by atoms with Gasteiger partial charge in [-0.15, -0.1) is 0 Å². The molecule has 0 radical (unpaired) electrons. The van der Waals surface area contributed by atoms with Crippen molar-refractivity contribution in [2.24, 2.45) is 5.41 Å². The fourth-order valence-electron chi connectivity index (χ4n) is 2.40.